The fraction of sp³-hybridized carbons (Fsp3) is 0.812. The van der Waals surface area contributed by atoms with E-state index in [0.717, 1.165) is 47.5 Å². The average molecular weight is 298 g/mol. The highest BCUT2D eigenvalue weighted by molar-refractivity contribution is 6.31. The Morgan fingerprint density at radius 1 is 1.50 bits per heavy atom. The van der Waals surface area contributed by atoms with Gasteiger partial charge in [-0.1, -0.05) is 38.3 Å². The van der Waals surface area contributed by atoms with Gasteiger partial charge in [-0.05, 0) is 38.0 Å². The van der Waals surface area contributed by atoms with Gasteiger partial charge in [0.05, 0.1) is 16.4 Å². The molecule has 1 heterocycles. The third-order valence-corrected chi connectivity index (χ3v) is 5.06. The Kier molecular flexibility index (Phi) is 4.80. The lowest BCUT2D eigenvalue weighted by atomic mass is 9.72. The van der Waals surface area contributed by atoms with Crippen LogP contribution in [0, 0.1) is 18.8 Å². The van der Waals surface area contributed by atoms with Crippen LogP contribution in [0.4, 0.5) is 0 Å². The van der Waals surface area contributed by atoms with Crippen molar-refractivity contribution < 1.29 is 0 Å². The lowest BCUT2D eigenvalue weighted by Crippen LogP contribution is -2.46. The van der Waals surface area contributed by atoms with E-state index in [1.54, 1.807) is 0 Å². The van der Waals surface area contributed by atoms with Crippen molar-refractivity contribution in [3.63, 3.8) is 0 Å². The van der Waals surface area contributed by atoms with Crippen molar-refractivity contribution in [1.82, 2.24) is 9.78 Å². The van der Waals surface area contributed by atoms with E-state index < -0.39 is 0 Å². The highest BCUT2D eigenvalue weighted by atomic mass is 35.5. The molecule has 1 aromatic heterocycles. The quantitative estimate of drug-likeness (QED) is 0.917. The van der Waals surface area contributed by atoms with Gasteiger partial charge in [-0.25, -0.2) is 0 Å². The molecule has 1 saturated carbocycles. The first-order valence-electron chi connectivity index (χ1n) is 7.77. The van der Waals surface area contributed by atoms with Gasteiger partial charge in [0.1, 0.15) is 0 Å². The van der Waals surface area contributed by atoms with Crippen molar-refractivity contribution in [1.29, 1.82) is 0 Å². The highest BCUT2D eigenvalue weighted by Crippen LogP contribution is 2.37. The van der Waals surface area contributed by atoms with E-state index in [0.29, 0.717) is 0 Å². The Bertz CT molecular complexity index is 467. The van der Waals surface area contributed by atoms with Crippen LogP contribution < -0.4 is 5.73 Å². The normalized spacial score (nSPS) is 27.2. The molecule has 1 fully saturated rings. The van der Waals surface area contributed by atoms with Gasteiger partial charge in [0.15, 0.2) is 0 Å². The van der Waals surface area contributed by atoms with Crippen molar-refractivity contribution in [3.8, 4) is 0 Å². The summed E-state index contributed by atoms with van der Waals surface area (Å²) in [6.45, 7) is 6.56. The van der Waals surface area contributed by atoms with Crippen LogP contribution in [-0.4, -0.2) is 15.3 Å². The first-order valence-corrected chi connectivity index (χ1v) is 8.15. The van der Waals surface area contributed by atoms with Crippen molar-refractivity contribution in [2.45, 2.75) is 64.8 Å². The van der Waals surface area contributed by atoms with Crippen LogP contribution in [0.5, 0.6) is 0 Å². The Labute approximate surface area is 127 Å². The molecule has 1 aliphatic rings. The second-order valence-corrected chi connectivity index (χ2v) is 7.48. The molecule has 0 bridgehead atoms. The Hall–Kier alpha value is -0.540. The Morgan fingerprint density at radius 3 is 2.75 bits per heavy atom. The van der Waals surface area contributed by atoms with Crippen LogP contribution in [0.1, 0.15) is 57.3 Å². The zero-order valence-electron chi connectivity index (χ0n) is 13.2. The number of aromatic nitrogens is 2. The summed E-state index contributed by atoms with van der Waals surface area (Å²) >= 11 is 6.38. The molecule has 2 atom stereocenters. The molecule has 0 amide bonds. The molecule has 0 radical (unpaired) electrons. The Balaban J connectivity index is 2.10. The molecular weight excluding hydrogens is 270 g/mol. The molecule has 2 N–H and O–H groups in total. The van der Waals surface area contributed by atoms with Crippen molar-refractivity contribution in [2.75, 3.05) is 0 Å². The second kappa shape index (κ2) is 6.07. The molecule has 0 spiro atoms. The monoisotopic (exact) mass is 297 g/mol. The van der Waals surface area contributed by atoms with E-state index >= 15 is 0 Å². The third-order valence-electron chi connectivity index (χ3n) is 4.57. The fourth-order valence-electron chi connectivity index (χ4n) is 3.76. The summed E-state index contributed by atoms with van der Waals surface area (Å²) in [4.78, 5) is 0. The van der Waals surface area contributed by atoms with Gasteiger partial charge in [-0.3, -0.25) is 4.68 Å². The zero-order valence-corrected chi connectivity index (χ0v) is 14.0. The van der Waals surface area contributed by atoms with Crippen LogP contribution in [0.15, 0.2) is 0 Å². The topological polar surface area (TPSA) is 43.8 Å². The number of hydrogen-bond acceptors (Lipinski definition) is 2. The molecule has 0 aromatic carbocycles. The maximum Gasteiger partial charge on any atom is 0.0847 e. The first-order chi connectivity index (χ1) is 9.31. The summed E-state index contributed by atoms with van der Waals surface area (Å²) in [7, 11) is 1.96. The van der Waals surface area contributed by atoms with E-state index in [2.05, 4.69) is 18.9 Å². The molecule has 1 aromatic rings. The Morgan fingerprint density at radius 2 is 2.20 bits per heavy atom. The fourth-order valence-corrected chi connectivity index (χ4v) is 3.98. The van der Waals surface area contributed by atoms with Gasteiger partial charge in [0, 0.05) is 19.0 Å². The minimum atomic E-state index is -0.109. The minimum absolute atomic E-state index is 0.109. The molecule has 1 aliphatic carbocycles. The molecule has 0 aliphatic heterocycles. The van der Waals surface area contributed by atoms with E-state index in [9.17, 15) is 0 Å². The summed E-state index contributed by atoms with van der Waals surface area (Å²) in [5.74, 6) is 1.52. The number of halogens is 1. The summed E-state index contributed by atoms with van der Waals surface area (Å²) in [5, 5.41) is 5.20. The van der Waals surface area contributed by atoms with Gasteiger partial charge < -0.3 is 5.73 Å². The van der Waals surface area contributed by atoms with Crippen LogP contribution >= 0.6 is 11.6 Å². The summed E-state index contributed by atoms with van der Waals surface area (Å²) < 4.78 is 1.90. The highest BCUT2D eigenvalue weighted by Gasteiger charge is 2.34. The average Bonchev–Trinajstić information content (AvgIpc) is 2.55. The molecule has 2 unspecified atom stereocenters. The number of nitrogens with two attached hydrogens (primary N) is 1. The predicted molar refractivity (Wildman–Crippen MR) is 85.0 cm³/mol. The van der Waals surface area contributed by atoms with Gasteiger partial charge in [0.25, 0.3) is 0 Å². The molecule has 3 nitrogen and oxygen atoms in total. The molecule has 0 saturated heterocycles. The molecule has 4 heteroatoms. The van der Waals surface area contributed by atoms with Gasteiger partial charge >= 0.3 is 0 Å². The lowest BCUT2D eigenvalue weighted by molar-refractivity contribution is 0.198. The van der Waals surface area contributed by atoms with Gasteiger partial charge in [-0.2, -0.15) is 5.10 Å². The maximum absolute atomic E-state index is 6.70. The maximum atomic E-state index is 6.70. The minimum Gasteiger partial charge on any atom is -0.325 e. The summed E-state index contributed by atoms with van der Waals surface area (Å²) in [6.07, 6.45) is 6.92. The second-order valence-electron chi connectivity index (χ2n) is 7.10. The molecular formula is C16H28ClN3. The summed E-state index contributed by atoms with van der Waals surface area (Å²) in [6, 6.07) is 0. The van der Waals surface area contributed by atoms with Crippen molar-refractivity contribution in [3.05, 3.63) is 16.4 Å². The number of nitrogens with zero attached hydrogens (tertiary/aromatic N) is 2. The van der Waals surface area contributed by atoms with Crippen LogP contribution in [0.2, 0.25) is 5.02 Å². The van der Waals surface area contributed by atoms with Gasteiger partial charge in [-0.15, -0.1) is 0 Å². The van der Waals surface area contributed by atoms with E-state index in [1.807, 2.05) is 18.7 Å². The van der Waals surface area contributed by atoms with Crippen LogP contribution in [-0.2, 0) is 13.5 Å². The number of rotatable bonds is 4. The van der Waals surface area contributed by atoms with Gasteiger partial charge in [0.2, 0.25) is 0 Å². The van der Waals surface area contributed by atoms with Crippen LogP contribution in [0.3, 0.4) is 0 Å². The standard InChI is InChI=1S/C16H28ClN3/c1-11(2)8-13-6-5-7-16(18,9-13)10-14-15(17)12(3)19-20(14)4/h11,13H,5-10,18H2,1-4H3. The van der Waals surface area contributed by atoms with E-state index in [4.69, 9.17) is 17.3 Å². The van der Waals surface area contributed by atoms with Crippen molar-refractivity contribution in [2.24, 2.45) is 24.6 Å². The number of aryl methyl sites for hydroxylation is 2. The molecule has 114 valence electrons. The van der Waals surface area contributed by atoms with E-state index in [-0.39, 0.29) is 5.54 Å². The smallest absolute Gasteiger partial charge is 0.0847 e. The largest absolute Gasteiger partial charge is 0.325 e. The molecule has 2 rings (SSSR count). The first kappa shape index (κ1) is 15.8. The number of hydrogen-bond donors (Lipinski definition) is 1. The van der Waals surface area contributed by atoms with E-state index in [1.165, 1.54) is 19.3 Å². The SMILES string of the molecule is Cc1nn(C)c(CC2(N)CCCC(CC(C)C)C2)c1Cl. The zero-order chi connectivity index (χ0) is 14.9. The third kappa shape index (κ3) is 3.56. The lowest BCUT2D eigenvalue weighted by Gasteiger charge is -2.39. The van der Waals surface area contributed by atoms with Crippen LogP contribution in [0.25, 0.3) is 0 Å². The van der Waals surface area contributed by atoms with Crippen molar-refractivity contribution >= 4 is 11.6 Å². The predicted octanol–water partition coefficient (Wildman–Crippen LogP) is 3.86. The molecule has 20 heavy (non-hydrogen) atoms. The summed E-state index contributed by atoms with van der Waals surface area (Å²) in [5.41, 5.74) is 8.59.